The zero-order chi connectivity index (χ0) is 23.1. The van der Waals surface area contributed by atoms with Crippen molar-refractivity contribution in [3.63, 3.8) is 0 Å². The number of carbonyl (C=O) groups is 1. The highest BCUT2D eigenvalue weighted by atomic mass is 16.4. The molecule has 0 radical (unpaired) electrons. The third-order valence-electron chi connectivity index (χ3n) is 7.10. The van der Waals surface area contributed by atoms with Gasteiger partial charge in [0, 0.05) is 23.1 Å². The molecule has 0 amide bonds. The van der Waals surface area contributed by atoms with E-state index in [1.165, 1.54) is 47.2 Å². The quantitative estimate of drug-likeness (QED) is 0.311. The Morgan fingerprint density at radius 1 is 0.765 bits per heavy atom. The number of aliphatic carboxylic acids is 1. The SMILES string of the molecule is O=C(O)C1=CC=C2C(=Nc3ccccc32)C1.c1ccc2c(c1)ccc1c3c(ccc12)CCCC3. The molecule has 0 unspecified atom stereocenters. The van der Waals surface area contributed by atoms with Crippen molar-refractivity contribution in [3.05, 3.63) is 107 Å². The highest BCUT2D eigenvalue weighted by molar-refractivity contribution is 6.31. The van der Waals surface area contributed by atoms with E-state index in [9.17, 15) is 4.79 Å². The Morgan fingerprint density at radius 2 is 1.56 bits per heavy atom. The molecule has 0 aromatic heterocycles. The van der Waals surface area contributed by atoms with Crippen LogP contribution in [0, 0.1) is 0 Å². The average Bonchev–Trinajstić information content (AvgIpc) is 3.26. The number of carboxylic acids is 1. The van der Waals surface area contributed by atoms with Crippen LogP contribution in [0.15, 0.2) is 95.5 Å². The Kier molecular flexibility index (Phi) is 5.10. The van der Waals surface area contributed by atoms with Gasteiger partial charge in [-0.1, -0.05) is 78.9 Å². The molecule has 3 heteroatoms. The summed E-state index contributed by atoms with van der Waals surface area (Å²) in [6, 6.07) is 25.8. The fourth-order valence-electron chi connectivity index (χ4n) is 5.39. The van der Waals surface area contributed by atoms with E-state index in [1.54, 1.807) is 17.2 Å². The van der Waals surface area contributed by atoms with E-state index in [2.05, 4.69) is 53.5 Å². The number of nitrogens with zero attached hydrogens (tertiary/aromatic N) is 1. The van der Waals surface area contributed by atoms with Gasteiger partial charge in [0.05, 0.1) is 11.4 Å². The minimum absolute atomic E-state index is 0.398. The van der Waals surface area contributed by atoms with Crippen molar-refractivity contribution < 1.29 is 9.90 Å². The molecule has 0 spiro atoms. The van der Waals surface area contributed by atoms with Gasteiger partial charge in [-0.2, -0.15) is 0 Å². The highest BCUT2D eigenvalue weighted by Crippen LogP contribution is 2.38. The van der Waals surface area contributed by atoms with Crippen LogP contribution in [0.2, 0.25) is 0 Å². The lowest BCUT2D eigenvalue weighted by atomic mass is 9.86. The van der Waals surface area contributed by atoms with E-state index >= 15 is 0 Å². The molecule has 1 aliphatic heterocycles. The Morgan fingerprint density at radius 3 is 2.47 bits per heavy atom. The molecule has 34 heavy (non-hydrogen) atoms. The van der Waals surface area contributed by atoms with E-state index < -0.39 is 5.97 Å². The number of aryl methyl sites for hydroxylation is 2. The first-order chi connectivity index (χ1) is 16.7. The Balaban J connectivity index is 0.000000129. The number of aliphatic imine (C=N–C) groups is 1. The van der Waals surface area contributed by atoms with Crippen LogP contribution in [0.1, 0.15) is 36.0 Å². The number of allylic oxidation sites excluding steroid dienone is 3. The molecular weight excluding hydrogens is 418 g/mol. The summed E-state index contributed by atoms with van der Waals surface area (Å²) in [5, 5.41) is 14.6. The van der Waals surface area contributed by atoms with Gasteiger partial charge in [0.2, 0.25) is 0 Å². The zero-order valence-electron chi connectivity index (χ0n) is 18.9. The molecule has 7 rings (SSSR count). The molecule has 4 aromatic rings. The fraction of sp³-hybridized carbons (Fsp3) is 0.161. The molecule has 3 nitrogen and oxygen atoms in total. The van der Waals surface area contributed by atoms with Crippen molar-refractivity contribution >= 4 is 44.5 Å². The molecule has 0 bridgehead atoms. The Hall–Kier alpha value is -3.98. The van der Waals surface area contributed by atoms with Crippen LogP contribution in [-0.4, -0.2) is 16.8 Å². The number of fused-ring (bicyclic) bond motifs is 8. The lowest BCUT2D eigenvalue weighted by molar-refractivity contribution is -0.132. The Labute approximate surface area is 198 Å². The minimum atomic E-state index is -0.867. The second-order valence-electron chi connectivity index (χ2n) is 9.12. The molecule has 0 saturated heterocycles. The number of hydrogen-bond donors (Lipinski definition) is 1. The van der Waals surface area contributed by atoms with Gasteiger partial charge in [-0.15, -0.1) is 0 Å². The number of rotatable bonds is 1. The second-order valence-corrected chi connectivity index (χ2v) is 9.12. The van der Waals surface area contributed by atoms with Crippen molar-refractivity contribution in [2.45, 2.75) is 32.1 Å². The molecule has 2 aliphatic carbocycles. The fourth-order valence-corrected chi connectivity index (χ4v) is 5.39. The summed E-state index contributed by atoms with van der Waals surface area (Å²) < 4.78 is 0. The van der Waals surface area contributed by atoms with Gasteiger partial charge in [-0.25, -0.2) is 4.79 Å². The van der Waals surface area contributed by atoms with Crippen LogP contribution in [0.4, 0.5) is 5.69 Å². The average molecular weight is 444 g/mol. The van der Waals surface area contributed by atoms with E-state index in [0.717, 1.165) is 22.5 Å². The number of benzene rings is 4. The summed E-state index contributed by atoms with van der Waals surface area (Å²) >= 11 is 0. The first-order valence-corrected chi connectivity index (χ1v) is 11.9. The molecule has 1 N–H and O–H groups in total. The van der Waals surface area contributed by atoms with Gasteiger partial charge in [0.25, 0.3) is 0 Å². The van der Waals surface area contributed by atoms with E-state index in [1.807, 2.05) is 30.3 Å². The van der Waals surface area contributed by atoms with Gasteiger partial charge in [-0.3, -0.25) is 4.99 Å². The summed E-state index contributed by atoms with van der Waals surface area (Å²) in [4.78, 5) is 15.3. The van der Waals surface area contributed by atoms with Crippen molar-refractivity contribution in [1.82, 2.24) is 0 Å². The molecule has 0 atom stereocenters. The molecule has 4 aromatic carbocycles. The van der Waals surface area contributed by atoms with Crippen LogP contribution in [0.5, 0.6) is 0 Å². The summed E-state index contributed by atoms with van der Waals surface area (Å²) in [5.41, 5.74) is 7.52. The molecule has 3 aliphatic rings. The Bertz CT molecular complexity index is 1550. The predicted octanol–water partition coefficient (Wildman–Crippen LogP) is 7.44. The van der Waals surface area contributed by atoms with Gasteiger partial charge in [0.1, 0.15) is 0 Å². The topological polar surface area (TPSA) is 49.7 Å². The van der Waals surface area contributed by atoms with Crippen molar-refractivity contribution in [2.24, 2.45) is 4.99 Å². The first-order valence-electron chi connectivity index (χ1n) is 11.9. The zero-order valence-corrected chi connectivity index (χ0v) is 18.9. The monoisotopic (exact) mass is 443 g/mol. The summed E-state index contributed by atoms with van der Waals surface area (Å²) in [7, 11) is 0. The van der Waals surface area contributed by atoms with Crippen molar-refractivity contribution in [2.75, 3.05) is 0 Å². The normalized spacial score (nSPS) is 15.8. The largest absolute Gasteiger partial charge is 0.478 e. The number of carboxylic acid groups (broad SMARTS) is 1. The van der Waals surface area contributed by atoms with Crippen LogP contribution in [0.3, 0.4) is 0 Å². The highest BCUT2D eigenvalue weighted by Gasteiger charge is 2.25. The van der Waals surface area contributed by atoms with Gasteiger partial charge in [0.15, 0.2) is 0 Å². The molecule has 0 saturated carbocycles. The standard InChI is InChI=1S/C18H16.C13H9NO2/c1-3-7-15-13(5-1)9-11-18-16-8-4-2-6-14(16)10-12-17(15)18;15-13(16)8-5-6-10-9-3-1-2-4-11(9)14-12(10)7-8/h1,3,5,7,9-12H,2,4,6,8H2;1-6H,7H2,(H,15,16). The third-order valence-corrected chi connectivity index (χ3v) is 7.10. The third kappa shape index (κ3) is 3.54. The lowest BCUT2D eigenvalue weighted by Gasteiger charge is -2.18. The minimum Gasteiger partial charge on any atom is -0.478 e. The maximum absolute atomic E-state index is 10.9. The lowest BCUT2D eigenvalue weighted by Crippen LogP contribution is -2.10. The van der Waals surface area contributed by atoms with E-state index in [4.69, 9.17) is 5.11 Å². The maximum atomic E-state index is 10.9. The maximum Gasteiger partial charge on any atom is 0.331 e. The molecular formula is C31H25NO2. The number of hydrogen-bond acceptors (Lipinski definition) is 2. The first kappa shape index (κ1) is 20.6. The van der Waals surface area contributed by atoms with Gasteiger partial charge < -0.3 is 5.11 Å². The van der Waals surface area contributed by atoms with Crippen molar-refractivity contribution in [1.29, 1.82) is 0 Å². The van der Waals surface area contributed by atoms with Crippen molar-refractivity contribution in [3.8, 4) is 0 Å². The predicted molar refractivity (Wildman–Crippen MR) is 140 cm³/mol. The van der Waals surface area contributed by atoms with E-state index in [-0.39, 0.29) is 0 Å². The van der Waals surface area contributed by atoms with Crippen LogP contribution in [-0.2, 0) is 17.6 Å². The summed E-state index contributed by atoms with van der Waals surface area (Å²) in [5.74, 6) is -0.867. The second kappa shape index (κ2) is 8.42. The summed E-state index contributed by atoms with van der Waals surface area (Å²) in [6.07, 6.45) is 9.14. The van der Waals surface area contributed by atoms with Gasteiger partial charge in [-0.05, 0) is 64.4 Å². The smallest absolute Gasteiger partial charge is 0.331 e. The summed E-state index contributed by atoms with van der Waals surface area (Å²) in [6.45, 7) is 0. The van der Waals surface area contributed by atoms with Crippen LogP contribution < -0.4 is 0 Å². The van der Waals surface area contributed by atoms with Crippen LogP contribution >= 0.6 is 0 Å². The number of para-hydroxylation sites is 1. The van der Waals surface area contributed by atoms with Gasteiger partial charge >= 0.3 is 5.97 Å². The van der Waals surface area contributed by atoms with E-state index in [0.29, 0.717) is 12.0 Å². The molecule has 1 heterocycles. The molecule has 0 fully saturated rings. The van der Waals surface area contributed by atoms with Crippen LogP contribution in [0.25, 0.3) is 27.1 Å². The molecule has 166 valence electrons.